The van der Waals surface area contributed by atoms with Gasteiger partial charge in [0.05, 0.1) is 18.8 Å². The first-order valence-corrected chi connectivity index (χ1v) is 6.12. The first-order valence-electron chi connectivity index (χ1n) is 6.12. The van der Waals surface area contributed by atoms with E-state index < -0.39 is 0 Å². The molecule has 1 aromatic rings. The average Bonchev–Trinajstić information content (AvgIpc) is 2.41. The van der Waals surface area contributed by atoms with Crippen molar-refractivity contribution in [1.29, 1.82) is 5.26 Å². The topological polar surface area (TPSA) is 33.0 Å². The third-order valence-electron chi connectivity index (χ3n) is 3.30. The number of benzene rings is 1. The Labute approximate surface area is 103 Å². The lowest BCUT2D eigenvalue weighted by Crippen LogP contribution is -1.99. The van der Waals surface area contributed by atoms with Gasteiger partial charge in [0.2, 0.25) is 0 Å². The largest absolute Gasteiger partial charge is 0.496 e. The van der Waals surface area contributed by atoms with Crippen LogP contribution in [-0.4, -0.2) is 7.11 Å². The summed E-state index contributed by atoms with van der Waals surface area (Å²) in [7, 11) is 1.65. The van der Waals surface area contributed by atoms with Crippen LogP contribution in [-0.2, 0) is 0 Å². The molecule has 17 heavy (non-hydrogen) atoms. The van der Waals surface area contributed by atoms with E-state index in [1.165, 1.54) is 24.8 Å². The summed E-state index contributed by atoms with van der Waals surface area (Å²) < 4.78 is 5.33. The van der Waals surface area contributed by atoms with Crippen LogP contribution in [0.3, 0.4) is 0 Å². The maximum Gasteiger partial charge on any atom is 0.127 e. The van der Waals surface area contributed by atoms with E-state index in [2.05, 4.69) is 6.07 Å². The predicted molar refractivity (Wildman–Crippen MR) is 68.6 cm³/mol. The van der Waals surface area contributed by atoms with Gasteiger partial charge in [-0.3, -0.25) is 0 Å². The molecular weight excluding hydrogens is 210 g/mol. The first-order chi connectivity index (χ1) is 8.36. The van der Waals surface area contributed by atoms with Gasteiger partial charge in [-0.1, -0.05) is 24.1 Å². The Morgan fingerprint density at radius 2 is 1.88 bits per heavy atom. The fraction of sp³-hybridized carbons (Fsp3) is 0.400. The molecule has 1 aliphatic rings. The van der Waals surface area contributed by atoms with Gasteiger partial charge in [-0.2, -0.15) is 5.26 Å². The van der Waals surface area contributed by atoms with Crippen molar-refractivity contribution in [2.45, 2.75) is 32.1 Å². The van der Waals surface area contributed by atoms with E-state index in [1.807, 2.05) is 24.3 Å². The van der Waals surface area contributed by atoms with Gasteiger partial charge < -0.3 is 4.74 Å². The lowest BCUT2D eigenvalue weighted by Gasteiger charge is -2.17. The van der Waals surface area contributed by atoms with E-state index in [0.29, 0.717) is 0 Å². The number of rotatable bonds is 2. The van der Waals surface area contributed by atoms with Crippen molar-refractivity contribution in [3.05, 3.63) is 35.4 Å². The summed E-state index contributed by atoms with van der Waals surface area (Å²) in [6.07, 6.45) is 5.81. The third kappa shape index (κ3) is 2.50. The van der Waals surface area contributed by atoms with Gasteiger partial charge in [0.1, 0.15) is 5.75 Å². The Morgan fingerprint density at radius 3 is 2.53 bits per heavy atom. The summed E-state index contributed by atoms with van der Waals surface area (Å²) in [4.78, 5) is 0. The number of ether oxygens (including phenoxy) is 1. The number of allylic oxidation sites excluding steroid dienone is 2. The molecule has 2 rings (SSSR count). The van der Waals surface area contributed by atoms with E-state index in [4.69, 9.17) is 4.74 Å². The smallest absolute Gasteiger partial charge is 0.127 e. The highest BCUT2D eigenvalue weighted by Crippen LogP contribution is 2.33. The van der Waals surface area contributed by atoms with Crippen molar-refractivity contribution in [2.24, 2.45) is 0 Å². The Balaban J connectivity index is 2.45. The molecule has 2 heteroatoms. The Hall–Kier alpha value is -1.75. The SMILES string of the molecule is COc1ccccc1C(C#N)=C1CCCCC1. The van der Waals surface area contributed by atoms with Crippen LogP contribution in [0.5, 0.6) is 5.75 Å². The molecule has 0 N–H and O–H groups in total. The molecule has 0 atom stereocenters. The Bertz CT molecular complexity index is 460. The van der Waals surface area contributed by atoms with Crippen molar-refractivity contribution in [3.8, 4) is 11.8 Å². The molecule has 0 heterocycles. The molecule has 1 aromatic carbocycles. The molecule has 0 radical (unpaired) electrons. The number of hydrogen-bond donors (Lipinski definition) is 0. The van der Waals surface area contributed by atoms with Crippen LogP contribution in [0.1, 0.15) is 37.7 Å². The zero-order valence-electron chi connectivity index (χ0n) is 10.2. The molecule has 0 bridgehead atoms. The van der Waals surface area contributed by atoms with Gasteiger partial charge in [-0.25, -0.2) is 0 Å². The Morgan fingerprint density at radius 1 is 1.18 bits per heavy atom. The number of nitriles is 1. The minimum atomic E-state index is 0.794. The molecule has 0 saturated heterocycles. The number of nitrogens with zero attached hydrogens (tertiary/aromatic N) is 1. The quantitative estimate of drug-likeness (QED) is 0.717. The highest BCUT2D eigenvalue weighted by Gasteiger charge is 2.15. The highest BCUT2D eigenvalue weighted by atomic mass is 16.5. The molecule has 1 fully saturated rings. The lowest BCUT2D eigenvalue weighted by molar-refractivity contribution is 0.413. The van der Waals surface area contributed by atoms with Crippen molar-refractivity contribution in [3.63, 3.8) is 0 Å². The molecule has 0 aliphatic heterocycles. The first kappa shape index (κ1) is 11.7. The average molecular weight is 227 g/mol. The number of hydrogen-bond acceptors (Lipinski definition) is 2. The molecule has 1 saturated carbocycles. The van der Waals surface area contributed by atoms with E-state index in [-0.39, 0.29) is 0 Å². The number of methoxy groups -OCH3 is 1. The second kappa shape index (κ2) is 5.54. The summed E-state index contributed by atoms with van der Waals surface area (Å²) in [5.74, 6) is 0.794. The predicted octanol–water partition coefficient (Wildman–Crippen LogP) is 3.94. The molecule has 0 spiro atoms. The van der Waals surface area contributed by atoms with Gasteiger partial charge in [0, 0.05) is 5.56 Å². The lowest BCUT2D eigenvalue weighted by atomic mass is 9.88. The maximum atomic E-state index is 9.39. The second-order valence-electron chi connectivity index (χ2n) is 4.35. The van der Waals surface area contributed by atoms with Gasteiger partial charge in [-0.05, 0) is 37.8 Å². The van der Waals surface area contributed by atoms with Crippen LogP contribution in [0, 0.1) is 11.3 Å². The van der Waals surface area contributed by atoms with Crippen LogP contribution >= 0.6 is 0 Å². The third-order valence-corrected chi connectivity index (χ3v) is 3.30. The van der Waals surface area contributed by atoms with Gasteiger partial charge >= 0.3 is 0 Å². The molecular formula is C15H17NO. The van der Waals surface area contributed by atoms with Crippen LogP contribution in [0.25, 0.3) is 5.57 Å². The van der Waals surface area contributed by atoms with E-state index in [9.17, 15) is 5.26 Å². The Kier molecular flexibility index (Phi) is 3.82. The van der Waals surface area contributed by atoms with Crippen LogP contribution in [0.4, 0.5) is 0 Å². The normalized spacial score (nSPS) is 15.2. The second-order valence-corrected chi connectivity index (χ2v) is 4.35. The van der Waals surface area contributed by atoms with E-state index in [1.54, 1.807) is 7.11 Å². The number of para-hydroxylation sites is 1. The summed E-state index contributed by atoms with van der Waals surface area (Å²) in [5, 5.41) is 9.39. The molecule has 0 amide bonds. The summed E-state index contributed by atoms with van der Waals surface area (Å²) in [6.45, 7) is 0. The van der Waals surface area contributed by atoms with E-state index in [0.717, 1.165) is 29.7 Å². The molecule has 88 valence electrons. The zero-order valence-corrected chi connectivity index (χ0v) is 10.2. The maximum absolute atomic E-state index is 9.39. The summed E-state index contributed by atoms with van der Waals surface area (Å²) in [5.41, 5.74) is 3.06. The highest BCUT2D eigenvalue weighted by molar-refractivity contribution is 5.82. The minimum Gasteiger partial charge on any atom is -0.496 e. The molecule has 0 aromatic heterocycles. The fourth-order valence-corrected chi connectivity index (χ4v) is 2.41. The van der Waals surface area contributed by atoms with Crippen molar-refractivity contribution >= 4 is 5.57 Å². The summed E-state index contributed by atoms with van der Waals surface area (Å²) >= 11 is 0. The minimum absolute atomic E-state index is 0.794. The summed E-state index contributed by atoms with van der Waals surface area (Å²) in [6, 6.07) is 10.1. The van der Waals surface area contributed by atoms with Crippen molar-refractivity contribution in [1.82, 2.24) is 0 Å². The molecule has 0 unspecified atom stereocenters. The molecule has 1 aliphatic carbocycles. The van der Waals surface area contributed by atoms with E-state index >= 15 is 0 Å². The van der Waals surface area contributed by atoms with Gasteiger partial charge in [0.15, 0.2) is 0 Å². The van der Waals surface area contributed by atoms with Crippen LogP contribution in [0.15, 0.2) is 29.8 Å². The fourth-order valence-electron chi connectivity index (χ4n) is 2.41. The van der Waals surface area contributed by atoms with Gasteiger partial charge in [0.25, 0.3) is 0 Å². The van der Waals surface area contributed by atoms with Crippen molar-refractivity contribution in [2.75, 3.05) is 7.11 Å². The van der Waals surface area contributed by atoms with Crippen molar-refractivity contribution < 1.29 is 4.74 Å². The van der Waals surface area contributed by atoms with Gasteiger partial charge in [-0.15, -0.1) is 0 Å². The van der Waals surface area contributed by atoms with Crippen LogP contribution < -0.4 is 4.74 Å². The van der Waals surface area contributed by atoms with Crippen LogP contribution in [0.2, 0.25) is 0 Å². The standard InChI is InChI=1S/C15H17NO/c1-17-15-10-6-5-9-13(15)14(11-16)12-7-3-2-4-8-12/h5-6,9-10H,2-4,7-8H2,1H3. The molecule has 2 nitrogen and oxygen atoms in total. The monoisotopic (exact) mass is 227 g/mol. The zero-order chi connectivity index (χ0) is 12.1.